The molecule has 2 nitrogen and oxygen atoms in total. The lowest BCUT2D eigenvalue weighted by Crippen LogP contribution is -2.27. The molecule has 0 heterocycles. The Bertz CT molecular complexity index is 446. The maximum Gasteiger partial charge on any atom is 0.313 e. The Morgan fingerprint density at radius 2 is 1.78 bits per heavy atom. The van der Waals surface area contributed by atoms with Crippen molar-refractivity contribution < 1.29 is 9.53 Å². The molecule has 23 heavy (non-hydrogen) atoms. The van der Waals surface area contributed by atoms with E-state index in [1.807, 2.05) is 18.2 Å². The van der Waals surface area contributed by atoms with E-state index in [2.05, 4.69) is 19.1 Å². The molecule has 128 valence electrons. The molecule has 1 atom stereocenters. The number of methoxy groups -OCH3 is 1. The molecular formula is C21H32O2. The number of ether oxygens (including phenoxy) is 1. The summed E-state index contributed by atoms with van der Waals surface area (Å²) >= 11 is 0. The Morgan fingerprint density at radius 1 is 1.09 bits per heavy atom. The predicted molar refractivity (Wildman–Crippen MR) is 95.4 cm³/mol. The monoisotopic (exact) mass is 316 g/mol. The van der Waals surface area contributed by atoms with Crippen molar-refractivity contribution in [3.63, 3.8) is 0 Å². The van der Waals surface area contributed by atoms with Crippen LogP contribution in [0.1, 0.15) is 76.2 Å². The number of rotatable bonds is 8. The Labute approximate surface area is 141 Å². The van der Waals surface area contributed by atoms with Crippen LogP contribution in [0.2, 0.25) is 0 Å². The SMILES string of the molecule is CCCCCCC1CCC(C(C(=O)OC)c2ccccc2)CC1. The summed E-state index contributed by atoms with van der Waals surface area (Å²) in [6, 6.07) is 10.2. The zero-order chi connectivity index (χ0) is 16.5. The minimum atomic E-state index is -0.0813. The van der Waals surface area contributed by atoms with E-state index < -0.39 is 0 Å². The summed E-state index contributed by atoms with van der Waals surface area (Å²) in [6.07, 6.45) is 11.7. The third-order valence-corrected chi connectivity index (χ3v) is 5.44. The van der Waals surface area contributed by atoms with Crippen LogP contribution in [0, 0.1) is 11.8 Å². The molecule has 0 radical (unpaired) electrons. The van der Waals surface area contributed by atoms with Crippen molar-refractivity contribution in [1.29, 1.82) is 0 Å². The molecule has 0 amide bonds. The number of hydrogen-bond donors (Lipinski definition) is 0. The van der Waals surface area contributed by atoms with Gasteiger partial charge in [0.15, 0.2) is 0 Å². The fraction of sp³-hybridized carbons (Fsp3) is 0.667. The van der Waals surface area contributed by atoms with Crippen molar-refractivity contribution in [2.24, 2.45) is 11.8 Å². The van der Waals surface area contributed by atoms with Gasteiger partial charge in [-0.25, -0.2) is 0 Å². The normalized spacial score (nSPS) is 22.5. The summed E-state index contributed by atoms with van der Waals surface area (Å²) < 4.78 is 5.10. The molecule has 1 aromatic rings. The van der Waals surface area contributed by atoms with Crippen LogP contribution in [-0.4, -0.2) is 13.1 Å². The van der Waals surface area contributed by atoms with Gasteiger partial charge >= 0.3 is 5.97 Å². The lowest BCUT2D eigenvalue weighted by Gasteiger charge is -2.33. The van der Waals surface area contributed by atoms with Gasteiger partial charge in [-0.15, -0.1) is 0 Å². The van der Waals surface area contributed by atoms with Gasteiger partial charge in [-0.1, -0.05) is 82.2 Å². The molecule has 0 aromatic heterocycles. The molecule has 1 unspecified atom stereocenters. The van der Waals surface area contributed by atoms with E-state index in [0.29, 0.717) is 5.92 Å². The Kier molecular flexibility index (Phi) is 7.64. The largest absolute Gasteiger partial charge is 0.469 e. The first-order chi connectivity index (χ1) is 11.3. The molecule has 1 saturated carbocycles. The van der Waals surface area contributed by atoms with Crippen LogP contribution in [-0.2, 0) is 9.53 Å². The molecule has 1 aliphatic rings. The second-order valence-corrected chi connectivity index (χ2v) is 7.04. The second kappa shape index (κ2) is 9.75. The van der Waals surface area contributed by atoms with Gasteiger partial charge in [0, 0.05) is 0 Å². The molecule has 0 bridgehead atoms. The van der Waals surface area contributed by atoms with E-state index in [9.17, 15) is 4.79 Å². The zero-order valence-corrected chi connectivity index (χ0v) is 14.8. The molecule has 0 spiro atoms. The lowest BCUT2D eigenvalue weighted by molar-refractivity contribution is -0.144. The van der Waals surface area contributed by atoms with Gasteiger partial charge in [-0.05, 0) is 30.2 Å². The average molecular weight is 316 g/mol. The average Bonchev–Trinajstić information content (AvgIpc) is 2.61. The lowest BCUT2D eigenvalue weighted by atomic mass is 9.72. The van der Waals surface area contributed by atoms with E-state index in [1.165, 1.54) is 52.1 Å². The zero-order valence-electron chi connectivity index (χ0n) is 14.8. The second-order valence-electron chi connectivity index (χ2n) is 7.04. The highest BCUT2D eigenvalue weighted by atomic mass is 16.5. The minimum absolute atomic E-state index is 0.0670. The summed E-state index contributed by atoms with van der Waals surface area (Å²) in [5, 5.41) is 0. The Hall–Kier alpha value is -1.31. The van der Waals surface area contributed by atoms with Crippen molar-refractivity contribution in [2.75, 3.05) is 7.11 Å². The van der Waals surface area contributed by atoms with Crippen molar-refractivity contribution in [1.82, 2.24) is 0 Å². The number of benzene rings is 1. The van der Waals surface area contributed by atoms with Crippen LogP contribution in [0.4, 0.5) is 0 Å². The maximum atomic E-state index is 12.3. The predicted octanol–water partition coefficient (Wildman–Crippen LogP) is 5.72. The topological polar surface area (TPSA) is 26.3 Å². The van der Waals surface area contributed by atoms with Gasteiger partial charge in [-0.2, -0.15) is 0 Å². The quantitative estimate of drug-likeness (QED) is 0.453. The summed E-state index contributed by atoms with van der Waals surface area (Å²) in [5.41, 5.74) is 1.12. The van der Waals surface area contributed by atoms with E-state index >= 15 is 0 Å². The fourth-order valence-electron chi connectivity index (χ4n) is 4.06. The molecule has 1 fully saturated rings. The molecule has 0 saturated heterocycles. The smallest absolute Gasteiger partial charge is 0.313 e. The highest BCUT2D eigenvalue weighted by Crippen LogP contribution is 2.40. The van der Waals surface area contributed by atoms with Crippen LogP contribution >= 0.6 is 0 Å². The van der Waals surface area contributed by atoms with Crippen LogP contribution in [0.15, 0.2) is 30.3 Å². The molecule has 2 rings (SSSR count). The molecule has 1 aromatic carbocycles. The molecular weight excluding hydrogens is 284 g/mol. The maximum absolute atomic E-state index is 12.3. The van der Waals surface area contributed by atoms with E-state index in [4.69, 9.17) is 4.74 Å². The number of hydrogen-bond acceptors (Lipinski definition) is 2. The molecule has 0 N–H and O–H groups in total. The molecule has 2 heteroatoms. The summed E-state index contributed by atoms with van der Waals surface area (Å²) in [5.74, 6) is 1.17. The van der Waals surface area contributed by atoms with E-state index in [1.54, 1.807) is 0 Å². The van der Waals surface area contributed by atoms with Gasteiger partial charge in [0.1, 0.15) is 0 Å². The van der Waals surface area contributed by atoms with Crippen LogP contribution in [0.25, 0.3) is 0 Å². The highest BCUT2D eigenvalue weighted by molar-refractivity contribution is 5.78. The fourth-order valence-corrected chi connectivity index (χ4v) is 4.06. The van der Waals surface area contributed by atoms with Crippen LogP contribution in [0.3, 0.4) is 0 Å². The van der Waals surface area contributed by atoms with Gasteiger partial charge in [0.05, 0.1) is 13.0 Å². The van der Waals surface area contributed by atoms with Gasteiger partial charge in [0.2, 0.25) is 0 Å². The third kappa shape index (κ3) is 5.37. The highest BCUT2D eigenvalue weighted by Gasteiger charge is 2.33. The van der Waals surface area contributed by atoms with Crippen molar-refractivity contribution >= 4 is 5.97 Å². The first kappa shape index (κ1) is 18.0. The number of carbonyl (C=O) groups excluding carboxylic acids is 1. The molecule has 1 aliphatic carbocycles. The van der Waals surface area contributed by atoms with Gasteiger partial charge in [0.25, 0.3) is 0 Å². The number of esters is 1. The van der Waals surface area contributed by atoms with Crippen LogP contribution < -0.4 is 0 Å². The van der Waals surface area contributed by atoms with Crippen LogP contribution in [0.5, 0.6) is 0 Å². The molecule has 0 aliphatic heterocycles. The minimum Gasteiger partial charge on any atom is -0.469 e. The summed E-state index contributed by atoms with van der Waals surface area (Å²) in [4.78, 5) is 12.3. The Balaban J connectivity index is 1.89. The standard InChI is InChI=1S/C21H32O2/c1-3-4-5-7-10-17-13-15-19(16-14-17)20(21(22)23-2)18-11-8-6-9-12-18/h6,8-9,11-12,17,19-20H,3-5,7,10,13-16H2,1-2H3. The first-order valence-electron chi connectivity index (χ1n) is 9.39. The summed E-state index contributed by atoms with van der Waals surface area (Å²) in [6.45, 7) is 2.27. The van der Waals surface area contributed by atoms with Crippen molar-refractivity contribution in [3.8, 4) is 0 Å². The summed E-state index contributed by atoms with van der Waals surface area (Å²) in [7, 11) is 1.51. The third-order valence-electron chi connectivity index (χ3n) is 5.44. The van der Waals surface area contributed by atoms with Gasteiger partial charge < -0.3 is 4.74 Å². The van der Waals surface area contributed by atoms with Crippen molar-refractivity contribution in [3.05, 3.63) is 35.9 Å². The van der Waals surface area contributed by atoms with Gasteiger partial charge in [-0.3, -0.25) is 4.79 Å². The van der Waals surface area contributed by atoms with Crippen molar-refractivity contribution in [2.45, 2.75) is 70.6 Å². The number of unbranched alkanes of at least 4 members (excludes halogenated alkanes) is 3. The first-order valence-corrected chi connectivity index (χ1v) is 9.39. The van der Waals surface area contributed by atoms with E-state index in [0.717, 1.165) is 24.3 Å². The number of carbonyl (C=O) groups is 1. The Morgan fingerprint density at radius 3 is 2.39 bits per heavy atom. The van der Waals surface area contributed by atoms with E-state index in [-0.39, 0.29) is 11.9 Å².